The Morgan fingerprint density at radius 1 is 1.25 bits per heavy atom. The zero-order valence-electron chi connectivity index (χ0n) is 12.8. The molecule has 0 saturated carbocycles. The van der Waals surface area contributed by atoms with E-state index < -0.39 is 0 Å². The number of nitrogens with one attached hydrogen (secondary N) is 2. The second-order valence-corrected chi connectivity index (χ2v) is 5.90. The molecular weight excluding hydrogens is 332 g/mol. The number of pyridine rings is 1. The largest absolute Gasteiger partial charge is 0.481 e. The number of imidazole rings is 1. The summed E-state index contributed by atoms with van der Waals surface area (Å²) in [5.41, 5.74) is 1.50. The van der Waals surface area contributed by atoms with Gasteiger partial charge in [0.2, 0.25) is 11.0 Å². The first-order valence-corrected chi connectivity index (χ1v) is 7.97. The average Bonchev–Trinajstić information content (AvgIpc) is 3.16. The first kappa shape index (κ1) is 14.6. The van der Waals surface area contributed by atoms with Crippen LogP contribution in [0.15, 0.2) is 22.1 Å². The first-order valence-electron chi connectivity index (χ1n) is 6.99. The van der Waals surface area contributed by atoms with E-state index in [4.69, 9.17) is 4.74 Å². The summed E-state index contributed by atoms with van der Waals surface area (Å²) in [6.07, 6.45) is 0. The summed E-state index contributed by atoms with van der Waals surface area (Å²) in [5, 5.41) is 12.7. The second-order valence-electron chi connectivity index (χ2n) is 4.95. The van der Waals surface area contributed by atoms with Crippen LogP contribution in [0.4, 0.5) is 0 Å². The van der Waals surface area contributed by atoms with Gasteiger partial charge < -0.3 is 9.72 Å². The number of H-pyrrole nitrogens is 2. The summed E-state index contributed by atoms with van der Waals surface area (Å²) >= 11 is 1.40. The van der Waals surface area contributed by atoms with Gasteiger partial charge in [-0.05, 0) is 13.0 Å². The normalized spacial score (nSPS) is 11.4. The molecule has 0 bridgehead atoms. The Bertz CT molecular complexity index is 1100. The van der Waals surface area contributed by atoms with Crippen LogP contribution < -0.4 is 10.3 Å². The summed E-state index contributed by atoms with van der Waals surface area (Å²) in [6, 6.07) is 3.64. The third kappa shape index (κ3) is 2.48. The number of nitrogens with zero attached hydrogens (tertiary/aromatic N) is 6. The minimum absolute atomic E-state index is 0.274. The van der Waals surface area contributed by atoms with Crippen molar-refractivity contribution in [3.05, 3.63) is 34.0 Å². The summed E-state index contributed by atoms with van der Waals surface area (Å²) in [5.74, 6) is 2.09. The third-order valence-corrected chi connectivity index (χ3v) is 4.26. The maximum absolute atomic E-state index is 11.5. The van der Waals surface area contributed by atoms with E-state index >= 15 is 0 Å². The molecule has 0 aliphatic heterocycles. The Labute approximate surface area is 138 Å². The summed E-state index contributed by atoms with van der Waals surface area (Å²) in [7, 11) is 1.56. The number of methoxy groups -OCH3 is 1. The van der Waals surface area contributed by atoms with Crippen molar-refractivity contribution in [3.63, 3.8) is 0 Å². The zero-order valence-corrected chi connectivity index (χ0v) is 13.6. The molecule has 0 aliphatic rings. The van der Waals surface area contributed by atoms with Gasteiger partial charge in [-0.15, -0.1) is 10.2 Å². The molecule has 4 aromatic rings. The Morgan fingerprint density at radius 3 is 2.96 bits per heavy atom. The molecule has 4 aromatic heterocycles. The smallest absolute Gasteiger partial charge is 0.273 e. The molecule has 11 heteroatoms. The molecule has 0 amide bonds. The van der Waals surface area contributed by atoms with Crippen molar-refractivity contribution in [2.75, 3.05) is 7.11 Å². The van der Waals surface area contributed by atoms with Crippen molar-refractivity contribution in [2.24, 2.45) is 0 Å². The molecule has 0 aliphatic carbocycles. The monoisotopic (exact) mass is 344 g/mol. The van der Waals surface area contributed by atoms with Crippen LogP contribution in [-0.4, -0.2) is 46.9 Å². The standard InChI is InChI=1S/C13H12N8O2S/c1-6-11(22)17-12-18-19-13(21(12)20-6)24-5-8-14-7-3-4-9(23-2)16-10(7)15-8/h3-4H,5H2,1-2H3,(H,14,15,16)(H,17,18,22). The number of hydrogen-bond acceptors (Lipinski definition) is 8. The summed E-state index contributed by atoms with van der Waals surface area (Å²) in [6.45, 7) is 1.63. The number of thioether (sulfide) groups is 1. The van der Waals surface area contributed by atoms with E-state index in [1.165, 1.54) is 16.3 Å². The number of ether oxygens (including phenoxy) is 1. The summed E-state index contributed by atoms with van der Waals surface area (Å²) < 4.78 is 6.60. The fourth-order valence-electron chi connectivity index (χ4n) is 2.15. The van der Waals surface area contributed by atoms with Crippen molar-refractivity contribution < 1.29 is 4.74 Å². The number of aryl methyl sites for hydroxylation is 1. The molecule has 10 nitrogen and oxygen atoms in total. The third-order valence-electron chi connectivity index (χ3n) is 3.33. The first-order chi connectivity index (χ1) is 11.6. The fraction of sp³-hybridized carbons (Fsp3) is 0.231. The predicted octanol–water partition coefficient (Wildman–Crippen LogP) is 0.693. The van der Waals surface area contributed by atoms with Crippen LogP contribution in [0, 0.1) is 6.92 Å². The minimum atomic E-state index is -0.274. The van der Waals surface area contributed by atoms with E-state index in [-0.39, 0.29) is 5.56 Å². The lowest BCUT2D eigenvalue weighted by atomic mass is 10.4. The molecule has 2 N–H and O–H groups in total. The molecule has 0 aromatic carbocycles. The van der Waals surface area contributed by atoms with Gasteiger partial charge in [0.1, 0.15) is 11.5 Å². The van der Waals surface area contributed by atoms with Gasteiger partial charge >= 0.3 is 0 Å². The molecule has 0 saturated heterocycles. The van der Waals surface area contributed by atoms with E-state index in [1.54, 1.807) is 20.1 Å². The maximum Gasteiger partial charge on any atom is 0.273 e. The number of aromatic nitrogens is 8. The van der Waals surface area contributed by atoms with Crippen LogP contribution in [0.5, 0.6) is 5.88 Å². The Morgan fingerprint density at radius 2 is 2.12 bits per heavy atom. The highest BCUT2D eigenvalue weighted by Crippen LogP contribution is 2.21. The molecule has 0 spiro atoms. The van der Waals surface area contributed by atoms with E-state index in [2.05, 4.69) is 35.2 Å². The highest BCUT2D eigenvalue weighted by molar-refractivity contribution is 7.98. The van der Waals surface area contributed by atoms with E-state index in [1.807, 2.05) is 6.07 Å². The van der Waals surface area contributed by atoms with Crippen LogP contribution >= 0.6 is 11.8 Å². The van der Waals surface area contributed by atoms with Gasteiger partial charge in [-0.3, -0.25) is 9.78 Å². The van der Waals surface area contributed by atoms with Crippen molar-refractivity contribution in [1.82, 2.24) is 39.7 Å². The lowest BCUT2D eigenvalue weighted by molar-refractivity contribution is 0.399. The highest BCUT2D eigenvalue weighted by atomic mass is 32.2. The number of hydrogen-bond donors (Lipinski definition) is 2. The van der Waals surface area contributed by atoms with Crippen LogP contribution in [0.25, 0.3) is 16.9 Å². The molecular formula is C13H12N8O2S. The zero-order chi connectivity index (χ0) is 16.7. The molecule has 24 heavy (non-hydrogen) atoms. The molecule has 4 rings (SSSR count). The van der Waals surface area contributed by atoms with Crippen LogP contribution in [0.3, 0.4) is 0 Å². The van der Waals surface area contributed by atoms with E-state index in [9.17, 15) is 4.79 Å². The molecule has 0 atom stereocenters. The molecule has 0 unspecified atom stereocenters. The molecule has 0 radical (unpaired) electrons. The maximum atomic E-state index is 11.5. The molecule has 0 fully saturated rings. The van der Waals surface area contributed by atoms with Crippen molar-refractivity contribution >= 4 is 28.7 Å². The number of aromatic amines is 2. The van der Waals surface area contributed by atoms with Crippen LogP contribution in [0.1, 0.15) is 11.5 Å². The van der Waals surface area contributed by atoms with Crippen molar-refractivity contribution in [3.8, 4) is 5.88 Å². The van der Waals surface area contributed by atoms with Gasteiger partial charge in [0.25, 0.3) is 11.3 Å². The van der Waals surface area contributed by atoms with Crippen LogP contribution in [0.2, 0.25) is 0 Å². The molecule has 4 heterocycles. The van der Waals surface area contributed by atoms with Crippen molar-refractivity contribution in [2.45, 2.75) is 17.8 Å². The van der Waals surface area contributed by atoms with Gasteiger partial charge in [0.05, 0.1) is 18.4 Å². The minimum Gasteiger partial charge on any atom is -0.481 e. The lowest BCUT2D eigenvalue weighted by Crippen LogP contribution is -2.15. The SMILES string of the molecule is COc1ccc2[nH]c(CSc3nnc4[nH]c(=O)c(C)nn34)nc2n1. The highest BCUT2D eigenvalue weighted by Gasteiger charge is 2.12. The quantitative estimate of drug-likeness (QED) is 0.518. The number of fused-ring (bicyclic) bond motifs is 2. The fourth-order valence-corrected chi connectivity index (χ4v) is 2.90. The van der Waals surface area contributed by atoms with E-state index in [0.717, 1.165) is 11.3 Å². The molecule has 122 valence electrons. The number of rotatable bonds is 4. The Kier molecular flexibility index (Phi) is 3.41. The van der Waals surface area contributed by atoms with Crippen LogP contribution in [-0.2, 0) is 5.75 Å². The average molecular weight is 344 g/mol. The second kappa shape index (κ2) is 5.60. The Balaban J connectivity index is 1.60. The lowest BCUT2D eigenvalue weighted by Gasteiger charge is -1.97. The van der Waals surface area contributed by atoms with Gasteiger partial charge in [0.15, 0.2) is 5.65 Å². The van der Waals surface area contributed by atoms with E-state index in [0.29, 0.717) is 33.9 Å². The predicted molar refractivity (Wildman–Crippen MR) is 86.1 cm³/mol. The topological polar surface area (TPSA) is 127 Å². The Hall–Kier alpha value is -2.95. The summed E-state index contributed by atoms with van der Waals surface area (Å²) in [4.78, 5) is 26.0. The van der Waals surface area contributed by atoms with Gasteiger partial charge in [-0.25, -0.2) is 4.98 Å². The van der Waals surface area contributed by atoms with Gasteiger partial charge in [-0.2, -0.15) is 14.6 Å². The van der Waals surface area contributed by atoms with Gasteiger partial charge in [0, 0.05) is 6.07 Å². The van der Waals surface area contributed by atoms with Crippen molar-refractivity contribution in [1.29, 1.82) is 0 Å². The van der Waals surface area contributed by atoms with Gasteiger partial charge in [-0.1, -0.05) is 11.8 Å².